The molecule has 63 heavy (non-hydrogen) atoms. The lowest BCUT2D eigenvalue weighted by Gasteiger charge is -2.33. The zero-order valence-corrected chi connectivity index (χ0v) is 35.0. The van der Waals surface area contributed by atoms with Crippen LogP contribution in [0.3, 0.4) is 0 Å². The predicted octanol–water partition coefficient (Wildman–Crippen LogP) is 13.9. The fraction of sp³-hybridized carbons (Fsp3) is 0.0508. The van der Waals surface area contributed by atoms with Crippen LogP contribution in [0.2, 0.25) is 0 Å². The molecular formula is C59H40BNO2. The number of fused-ring (bicyclic) bond motifs is 9. The van der Waals surface area contributed by atoms with Crippen molar-refractivity contribution >= 4 is 66.5 Å². The molecule has 0 saturated carbocycles. The highest BCUT2D eigenvalue weighted by Gasteiger charge is 2.40. The summed E-state index contributed by atoms with van der Waals surface area (Å²) >= 11 is 0. The molecule has 11 aromatic rings. The van der Waals surface area contributed by atoms with Gasteiger partial charge in [0.1, 0.15) is 23.0 Å². The maximum absolute atomic E-state index is 7.13. The molecule has 10 aromatic carbocycles. The smallest absolute Gasteiger partial charge is 0.260 e. The number of ether oxygens (including phenoxy) is 2. The van der Waals surface area contributed by atoms with Crippen LogP contribution in [-0.2, 0) is 0 Å². The summed E-state index contributed by atoms with van der Waals surface area (Å²) in [5, 5.41) is 7.45. The van der Waals surface area contributed by atoms with Crippen molar-refractivity contribution in [2.75, 3.05) is 0 Å². The first-order valence-corrected chi connectivity index (χ1v) is 22.0. The zero-order chi connectivity index (χ0) is 41.8. The van der Waals surface area contributed by atoms with E-state index in [1.807, 2.05) is 0 Å². The fourth-order valence-corrected chi connectivity index (χ4v) is 10.6. The Kier molecular flexibility index (Phi) is 7.89. The minimum absolute atomic E-state index is 0.0385. The van der Waals surface area contributed by atoms with Crippen molar-refractivity contribution in [2.24, 2.45) is 0 Å². The van der Waals surface area contributed by atoms with Crippen molar-refractivity contribution in [3.8, 4) is 62.1 Å². The molecule has 0 N–H and O–H groups in total. The molecule has 2 aliphatic rings. The van der Waals surface area contributed by atoms with Crippen molar-refractivity contribution in [1.29, 1.82) is 0 Å². The molecule has 0 atom stereocenters. The minimum atomic E-state index is -0.0385. The van der Waals surface area contributed by atoms with Gasteiger partial charge < -0.3 is 14.0 Å². The second-order valence-electron chi connectivity index (χ2n) is 17.4. The molecule has 0 saturated heterocycles. The summed E-state index contributed by atoms with van der Waals surface area (Å²) in [5.41, 5.74) is 15.2. The molecule has 3 heterocycles. The molecule has 0 unspecified atom stereocenters. The van der Waals surface area contributed by atoms with Crippen LogP contribution in [0.4, 0.5) is 0 Å². The van der Waals surface area contributed by atoms with Crippen LogP contribution in [0.15, 0.2) is 200 Å². The first-order chi connectivity index (χ1) is 31.1. The Hall–Kier alpha value is -7.82. The van der Waals surface area contributed by atoms with Crippen LogP contribution in [-0.4, -0.2) is 11.3 Å². The number of hydrogen-bond donors (Lipinski definition) is 0. The summed E-state index contributed by atoms with van der Waals surface area (Å²) in [6.45, 7) is 4.53. The lowest BCUT2D eigenvalue weighted by molar-refractivity contribution is 0.465. The molecule has 1 aromatic heterocycles. The molecule has 296 valence electrons. The molecule has 3 nitrogen and oxygen atoms in total. The maximum Gasteiger partial charge on any atom is 0.260 e. The Morgan fingerprint density at radius 3 is 1.51 bits per heavy atom. The molecule has 0 aliphatic carbocycles. The Morgan fingerprint density at radius 1 is 0.381 bits per heavy atom. The minimum Gasteiger partial charge on any atom is -0.458 e. The number of aromatic nitrogens is 1. The van der Waals surface area contributed by atoms with E-state index in [1.54, 1.807) is 0 Å². The topological polar surface area (TPSA) is 23.4 Å². The summed E-state index contributed by atoms with van der Waals surface area (Å²) in [4.78, 5) is 0. The number of hydrogen-bond acceptors (Lipinski definition) is 2. The van der Waals surface area contributed by atoms with Crippen LogP contribution in [0.1, 0.15) is 25.3 Å². The fourth-order valence-electron chi connectivity index (χ4n) is 10.6. The van der Waals surface area contributed by atoms with Gasteiger partial charge in [-0.3, -0.25) is 0 Å². The highest BCUT2D eigenvalue weighted by Crippen LogP contribution is 2.46. The van der Waals surface area contributed by atoms with Gasteiger partial charge in [-0.15, -0.1) is 0 Å². The van der Waals surface area contributed by atoms with Crippen LogP contribution in [0.25, 0.3) is 82.4 Å². The van der Waals surface area contributed by atoms with Gasteiger partial charge in [-0.2, -0.15) is 0 Å². The highest BCUT2D eigenvalue weighted by atomic mass is 16.5. The standard InChI is InChI=1S/C59H40BNO2/c1-36(2)38-30-39(32-41(31-38)58-47-22-8-6-20-45(47)57(37-16-4-3-5-17-37)46-21-7-9-23-48(46)58)40-33-55-59-56(34-40)63-54-35-42(28-29-50(54)60(59)49-24-12-15-27-53(49)62-55)61-51-25-13-10-18-43(51)44-19-11-14-26-52(44)61/h3-36H,1-2H3. The third-order valence-corrected chi connectivity index (χ3v) is 13.4. The first kappa shape index (κ1) is 35.9. The van der Waals surface area contributed by atoms with Crippen LogP contribution < -0.4 is 25.9 Å². The molecule has 4 heteroatoms. The lowest BCUT2D eigenvalue weighted by atomic mass is 9.35. The summed E-state index contributed by atoms with van der Waals surface area (Å²) in [5.74, 6) is 3.71. The molecule has 0 bridgehead atoms. The highest BCUT2D eigenvalue weighted by molar-refractivity contribution is 6.98. The van der Waals surface area contributed by atoms with E-state index in [0.717, 1.165) is 56.2 Å². The van der Waals surface area contributed by atoms with Gasteiger partial charge in [0, 0.05) is 28.0 Å². The van der Waals surface area contributed by atoms with Gasteiger partial charge in [-0.25, -0.2) is 0 Å². The summed E-state index contributed by atoms with van der Waals surface area (Å²) in [6, 6.07) is 72.8. The van der Waals surface area contributed by atoms with Crippen molar-refractivity contribution < 1.29 is 9.47 Å². The van der Waals surface area contributed by atoms with E-state index in [9.17, 15) is 0 Å². The lowest BCUT2D eigenvalue weighted by Crippen LogP contribution is -2.57. The second-order valence-corrected chi connectivity index (χ2v) is 17.4. The molecule has 0 radical (unpaired) electrons. The molecule has 0 fully saturated rings. The van der Waals surface area contributed by atoms with E-state index in [0.29, 0.717) is 5.92 Å². The number of benzene rings is 10. The third kappa shape index (κ3) is 5.47. The van der Waals surface area contributed by atoms with E-state index < -0.39 is 0 Å². The van der Waals surface area contributed by atoms with Gasteiger partial charge in [-0.1, -0.05) is 166 Å². The largest absolute Gasteiger partial charge is 0.458 e. The van der Waals surface area contributed by atoms with Gasteiger partial charge in [0.05, 0.1) is 11.0 Å². The maximum atomic E-state index is 7.13. The first-order valence-electron chi connectivity index (χ1n) is 22.0. The van der Waals surface area contributed by atoms with Crippen LogP contribution >= 0.6 is 0 Å². The summed E-state index contributed by atoms with van der Waals surface area (Å²) in [7, 11) is 0. The van der Waals surface area contributed by atoms with E-state index in [4.69, 9.17) is 9.47 Å². The SMILES string of the molecule is CC(C)c1cc(-c2cc3c4c(c2)Oc2cc(-n5c6ccccc6c6ccccc65)ccc2B4c2ccccc2O3)cc(-c2c3ccccc3c(-c3ccccc3)c3ccccc23)c1. The number of para-hydroxylation sites is 3. The van der Waals surface area contributed by atoms with Gasteiger partial charge in [0.25, 0.3) is 6.71 Å². The van der Waals surface area contributed by atoms with E-state index >= 15 is 0 Å². The average molecular weight is 806 g/mol. The molecule has 13 rings (SSSR count). The van der Waals surface area contributed by atoms with E-state index in [2.05, 4.69) is 219 Å². The molecular weight excluding hydrogens is 765 g/mol. The zero-order valence-electron chi connectivity index (χ0n) is 35.0. The van der Waals surface area contributed by atoms with Crippen LogP contribution in [0.5, 0.6) is 23.0 Å². The summed E-state index contributed by atoms with van der Waals surface area (Å²) in [6.07, 6.45) is 0. The normalized spacial score (nSPS) is 12.7. The Morgan fingerprint density at radius 2 is 0.873 bits per heavy atom. The molecule has 0 amide bonds. The quantitative estimate of drug-likeness (QED) is 0.128. The van der Waals surface area contributed by atoms with Crippen LogP contribution in [0, 0.1) is 0 Å². The number of nitrogens with zero attached hydrogens (tertiary/aromatic N) is 1. The Balaban J connectivity index is 1.01. The van der Waals surface area contributed by atoms with Gasteiger partial charge in [0.15, 0.2) is 0 Å². The Labute approximate surface area is 366 Å². The van der Waals surface area contributed by atoms with Crippen molar-refractivity contribution in [3.63, 3.8) is 0 Å². The van der Waals surface area contributed by atoms with Gasteiger partial charge in [-0.05, 0) is 120 Å². The average Bonchev–Trinajstić information content (AvgIpc) is 3.67. The van der Waals surface area contributed by atoms with Gasteiger partial charge in [0.2, 0.25) is 0 Å². The summed E-state index contributed by atoms with van der Waals surface area (Å²) < 4.78 is 16.4. The number of rotatable bonds is 5. The van der Waals surface area contributed by atoms with Gasteiger partial charge >= 0.3 is 0 Å². The monoisotopic (exact) mass is 805 g/mol. The molecule has 0 spiro atoms. The predicted molar refractivity (Wildman–Crippen MR) is 264 cm³/mol. The van der Waals surface area contributed by atoms with Crippen molar-refractivity contribution in [2.45, 2.75) is 19.8 Å². The van der Waals surface area contributed by atoms with Crippen molar-refractivity contribution in [3.05, 3.63) is 206 Å². The second kappa shape index (κ2) is 13.9. The van der Waals surface area contributed by atoms with E-state index in [1.165, 1.54) is 71.2 Å². The van der Waals surface area contributed by atoms with E-state index in [-0.39, 0.29) is 6.71 Å². The molecule has 2 aliphatic heterocycles. The third-order valence-electron chi connectivity index (χ3n) is 13.4. The Bertz CT molecular complexity index is 3570. The van der Waals surface area contributed by atoms with Crippen molar-refractivity contribution in [1.82, 2.24) is 4.57 Å².